The van der Waals surface area contributed by atoms with Gasteiger partial charge in [0.2, 0.25) is 0 Å². The van der Waals surface area contributed by atoms with Gasteiger partial charge in [-0.25, -0.2) is 0 Å². The summed E-state index contributed by atoms with van der Waals surface area (Å²) in [7, 11) is 0. The van der Waals surface area contributed by atoms with Crippen LogP contribution in [0.25, 0.3) is 0 Å². The van der Waals surface area contributed by atoms with Gasteiger partial charge in [-0.1, -0.05) is 43.2 Å². The fourth-order valence-electron chi connectivity index (χ4n) is 3.14. The zero-order valence-electron chi connectivity index (χ0n) is 14.7. The molecule has 0 aromatic heterocycles. The van der Waals surface area contributed by atoms with Crippen LogP contribution in [0.2, 0.25) is 0 Å². The number of para-hydroxylation sites is 1. The quantitative estimate of drug-likeness (QED) is 0.659. The van der Waals surface area contributed by atoms with E-state index in [-0.39, 0.29) is 6.02 Å². The lowest BCUT2D eigenvalue weighted by molar-refractivity contribution is 0.289. The van der Waals surface area contributed by atoms with Gasteiger partial charge in [-0.15, -0.1) is 0 Å². The van der Waals surface area contributed by atoms with Crippen molar-refractivity contribution in [3.63, 3.8) is 0 Å². The summed E-state index contributed by atoms with van der Waals surface area (Å²) >= 11 is 0. The van der Waals surface area contributed by atoms with Crippen LogP contribution >= 0.6 is 0 Å². The first-order valence-corrected chi connectivity index (χ1v) is 9.18. The maximum Gasteiger partial charge on any atom is 0.292 e. The number of amidine groups is 1. The van der Waals surface area contributed by atoms with Crippen LogP contribution in [0.15, 0.2) is 59.6 Å². The Morgan fingerprint density at radius 3 is 2.28 bits per heavy atom. The smallest absolute Gasteiger partial charge is 0.292 e. The molecule has 1 heterocycles. The molecule has 1 aliphatic heterocycles. The van der Waals surface area contributed by atoms with Gasteiger partial charge in [0.15, 0.2) is 0 Å². The van der Waals surface area contributed by atoms with Gasteiger partial charge in [-0.3, -0.25) is 0 Å². The number of benzene rings is 2. The standard InChI is InChI=1S/C21H27N3O/c22-21(23-19-8-4-3-5-9-19)25-20-12-10-18(11-13-20)14-17-24-15-6-1-2-7-16-24/h3-5,8-13H,1-2,6-7,14-17H2,(H2,22,23). The van der Waals surface area contributed by atoms with E-state index in [9.17, 15) is 0 Å². The van der Waals surface area contributed by atoms with Gasteiger partial charge in [0.1, 0.15) is 5.75 Å². The number of nitrogens with zero attached hydrogens (tertiary/aromatic N) is 2. The Hall–Kier alpha value is -2.33. The molecule has 0 spiro atoms. The molecule has 1 saturated heterocycles. The summed E-state index contributed by atoms with van der Waals surface area (Å²) in [6, 6.07) is 17.9. The molecule has 4 nitrogen and oxygen atoms in total. The van der Waals surface area contributed by atoms with Gasteiger partial charge in [0, 0.05) is 6.54 Å². The summed E-state index contributed by atoms with van der Waals surface area (Å²) in [5.74, 6) is 0.718. The minimum atomic E-state index is 0.156. The summed E-state index contributed by atoms with van der Waals surface area (Å²) in [6.45, 7) is 3.62. The number of hydrogen-bond acceptors (Lipinski definition) is 3. The summed E-state index contributed by atoms with van der Waals surface area (Å²) in [5, 5.41) is 0. The second kappa shape index (κ2) is 9.23. The van der Waals surface area contributed by atoms with Crippen molar-refractivity contribution in [3.8, 4) is 5.75 Å². The van der Waals surface area contributed by atoms with Crippen LogP contribution in [-0.2, 0) is 6.42 Å². The zero-order chi connectivity index (χ0) is 17.3. The Bertz CT molecular complexity index is 659. The van der Waals surface area contributed by atoms with Crippen LogP contribution in [0.5, 0.6) is 5.75 Å². The van der Waals surface area contributed by atoms with Crippen molar-refractivity contribution in [1.29, 1.82) is 0 Å². The molecule has 132 valence electrons. The first-order chi connectivity index (χ1) is 12.3. The van der Waals surface area contributed by atoms with Crippen molar-refractivity contribution in [3.05, 3.63) is 60.2 Å². The van der Waals surface area contributed by atoms with Crippen molar-refractivity contribution < 1.29 is 4.74 Å². The van der Waals surface area contributed by atoms with Crippen LogP contribution in [0.4, 0.5) is 5.69 Å². The van der Waals surface area contributed by atoms with Crippen LogP contribution in [-0.4, -0.2) is 30.6 Å². The van der Waals surface area contributed by atoms with Crippen LogP contribution in [0.1, 0.15) is 31.2 Å². The van der Waals surface area contributed by atoms with E-state index in [1.54, 1.807) is 0 Å². The summed E-state index contributed by atoms with van der Waals surface area (Å²) < 4.78 is 5.60. The number of nitrogens with two attached hydrogens (primary N) is 1. The predicted octanol–water partition coefficient (Wildman–Crippen LogP) is 4.13. The van der Waals surface area contributed by atoms with Crippen LogP contribution < -0.4 is 10.5 Å². The van der Waals surface area contributed by atoms with Crippen molar-refractivity contribution in [2.75, 3.05) is 19.6 Å². The van der Waals surface area contributed by atoms with E-state index in [1.807, 2.05) is 42.5 Å². The highest BCUT2D eigenvalue weighted by Crippen LogP contribution is 2.16. The molecule has 2 aromatic rings. The fraction of sp³-hybridized carbons (Fsp3) is 0.381. The molecule has 4 heteroatoms. The molecule has 0 aliphatic carbocycles. The molecular weight excluding hydrogens is 310 g/mol. The lowest BCUT2D eigenvalue weighted by Crippen LogP contribution is -2.26. The molecule has 3 rings (SSSR count). The Balaban J connectivity index is 1.50. The number of hydrogen-bond donors (Lipinski definition) is 1. The molecule has 0 unspecified atom stereocenters. The van der Waals surface area contributed by atoms with E-state index in [4.69, 9.17) is 10.5 Å². The molecule has 2 aromatic carbocycles. The second-order valence-electron chi connectivity index (χ2n) is 6.54. The average Bonchev–Trinajstić information content (AvgIpc) is 2.91. The summed E-state index contributed by atoms with van der Waals surface area (Å²) in [4.78, 5) is 6.83. The van der Waals surface area contributed by atoms with Crippen molar-refractivity contribution in [2.24, 2.45) is 10.7 Å². The molecule has 0 bridgehead atoms. The van der Waals surface area contributed by atoms with Crippen molar-refractivity contribution in [1.82, 2.24) is 4.90 Å². The molecule has 25 heavy (non-hydrogen) atoms. The van der Waals surface area contributed by atoms with E-state index in [0.717, 1.165) is 24.4 Å². The zero-order valence-corrected chi connectivity index (χ0v) is 14.7. The van der Waals surface area contributed by atoms with Crippen LogP contribution in [0, 0.1) is 0 Å². The van der Waals surface area contributed by atoms with Gasteiger partial charge in [0.05, 0.1) is 5.69 Å². The van der Waals surface area contributed by atoms with E-state index in [1.165, 1.54) is 44.3 Å². The third-order valence-corrected chi connectivity index (χ3v) is 4.56. The van der Waals surface area contributed by atoms with E-state index >= 15 is 0 Å². The topological polar surface area (TPSA) is 50.9 Å². The average molecular weight is 337 g/mol. The molecule has 0 atom stereocenters. The van der Waals surface area contributed by atoms with E-state index < -0.39 is 0 Å². The molecule has 0 amide bonds. The molecule has 2 N–H and O–H groups in total. The fourth-order valence-corrected chi connectivity index (χ4v) is 3.14. The number of likely N-dealkylation sites (tertiary alicyclic amines) is 1. The Kier molecular flexibility index (Phi) is 6.46. The molecule has 1 fully saturated rings. The minimum Gasteiger partial charge on any atom is -0.426 e. The Labute approximate surface area is 150 Å². The Morgan fingerprint density at radius 1 is 0.920 bits per heavy atom. The number of aliphatic imine (C=N–C) groups is 1. The first kappa shape index (κ1) is 17.5. The predicted molar refractivity (Wildman–Crippen MR) is 103 cm³/mol. The molecule has 1 aliphatic rings. The second-order valence-corrected chi connectivity index (χ2v) is 6.54. The summed E-state index contributed by atoms with van der Waals surface area (Å²) in [5.41, 5.74) is 7.98. The normalized spacial score (nSPS) is 16.4. The SMILES string of the molecule is NC(=Nc1ccccc1)Oc1ccc(CCN2CCCCCC2)cc1. The monoisotopic (exact) mass is 337 g/mol. The lowest BCUT2D eigenvalue weighted by atomic mass is 10.1. The van der Waals surface area contributed by atoms with Crippen molar-refractivity contribution >= 4 is 11.7 Å². The molecule has 0 radical (unpaired) electrons. The Morgan fingerprint density at radius 2 is 1.60 bits per heavy atom. The highest BCUT2D eigenvalue weighted by Gasteiger charge is 2.08. The van der Waals surface area contributed by atoms with Gasteiger partial charge < -0.3 is 15.4 Å². The summed E-state index contributed by atoms with van der Waals surface area (Å²) in [6.07, 6.45) is 6.52. The maximum absolute atomic E-state index is 5.87. The van der Waals surface area contributed by atoms with E-state index in [0.29, 0.717) is 0 Å². The van der Waals surface area contributed by atoms with Gasteiger partial charge in [-0.2, -0.15) is 4.99 Å². The first-order valence-electron chi connectivity index (χ1n) is 9.18. The van der Waals surface area contributed by atoms with E-state index in [2.05, 4.69) is 22.0 Å². The van der Waals surface area contributed by atoms with Gasteiger partial charge >= 0.3 is 0 Å². The highest BCUT2D eigenvalue weighted by atomic mass is 16.5. The maximum atomic E-state index is 5.87. The van der Waals surface area contributed by atoms with Crippen molar-refractivity contribution in [2.45, 2.75) is 32.1 Å². The van der Waals surface area contributed by atoms with Crippen LogP contribution in [0.3, 0.4) is 0 Å². The van der Waals surface area contributed by atoms with Gasteiger partial charge in [0.25, 0.3) is 6.02 Å². The highest BCUT2D eigenvalue weighted by molar-refractivity contribution is 5.77. The molecular formula is C21H27N3O. The minimum absolute atomic E-state index is 0.156. The lowest BCUT2D eigenvalue weighted by Gasteiger charge is -2.19. The number of ether oxygens (including phenoxy) is 1. The van der Waals surface area contributed by atoms with Gasteiger partial charge in [-0.05, 0) is 62.2 Å². The molecule has 0 saturated carbocycles. The third-order valence-electron chi connectivity index (χ3n) is 4.56. The largest absolute Gasteiger partial charge is 0.426 e. The number of rotatable bonds is 5. The third kappa shape index (κ3) is 5.91.